The Labute approximate surface area is 106 Å². The molecule has 0 radical (unpaired) electrons. The van der Waals surface area contributed by atoms with Crippen LogP contribution in [0.1, 0.15) is 52.9 Å². The fourth-order valence-corrected chi connectivity index (χ4v) is 2.18. The lowest BCUT2D eigenvalue weighted by atomic mass is 9.89. The molecule has 2 N–H and O–H groups in total. The molecule has 0 bridgehead atoms. The third kappa shape index (κ3) is 6.39. The molecule has 3 nitrogen and oxygen atoms in total. The van der Waals surface area contributed by atoms with E-state index in [1.807, 2.05) is 0 Å². The summed E-state index contributed by atoms with van der Waals surface area (Å²) >= 11 is 0. The zero-order valence-electron chi connectivity index (χ0n) is 11.6. The lowest BCUT2D eigenvalue weighted by Gasteiger charge is -2.27. The zero-order chi connectivity index (χ0) is 12.7. The van der Waals surface area contributed by atoms with Crippen LogP contribution in [0.15, 0.2) is 0 Å². The van der Waals surface area contributed by atoms with E-state index in [-0.39, 0.29) is 6.10 Å². The molecule has 0 saturated heterocycles. The molecule has 1 fully saturated rings. The Bertz CT molecular complexity index is 191. The van der Waals surface area contributed by atoms with Gasteiger partial charge in [0.15, 0.2) is 0 Å². The summed E-state index contributed by atoms with van der Waals surface area (Å²) in [5.74, 6) is 0.854. The molecule has 1 saturated carbocycles. The van der Waals surface area contributed by atoms with Gasteiger partial charge >= 0.3 is 0 Å². The molecule has 1 rings (SSSR count). The van der Waals surface area contributed by atoms with Crippen LogP contribution in [0.25, 0.3) is 0 Å². The summed E-state index contributed by atoms with van der Waals surface area (Å²) in [6.07, 6.45) is 5.96. The minimum atomic E-state index is -0.372. The fraction of sp³-hybridized carbons (Fsp3) is 1.00. The molecule has 0 aromatic carbocycles. The van der Waals surface area contributed by atoms with Gasteiger partial charge in [0, 0.05) is 12.6 Å². The highest BCUT2D eigenvalue weighted by Crippen LogP contribution is 2.25. The molecule has 102 valence electrons. The molecule has 0 spiro atoms. The molecule has 2 unspecified atom stereocenters. The second-order valence-corrected chi connectivity index (χ2v) is 5.59. The Morgan fingerprint density at radius 3 is 2.53 bits per heavy atom. The zero-order valence-corrected chi connectivity index (χ0v) is 11.6. The van der Waals surface area contributed by atoms with Gasteiger partial charge in [0.25, 0.3) is 0 Å². The summed E-state index contributed by atoms with van der Waals surface area (Å²) < 4.78 is 5.77. The van der Waals surface area contributed by atoms with Gasteiger partial charge in [-0.2, -0.15) is 0 Å². The van der Waals surface area contributed by atoms with Crippen LogP contribution < -0.4 is 5.32 Å². The van der Waals surface area contributed by atoms with Crippen molar-refractivity contribution >= 4 is 0 Å². The van der Waals surface area contributed by atoms with Crippen molar-refractivity contribution in [2.45, 2.75) is 71.1 Å². The molecule has 2 atom stereocenters. The van der Waals surface area contributed by atoms with E-state index in [0.29, 0.717) is 25.3 Å². The number of nitrogens with one attached hydrogen (secondary N) is 1. The minimum Gasteiger partial charge on any atom is -0.389 e. The number of rotatable bonds is 7. The molecule has 0 heterocycles. The summed E-state index contributed by atoms with van der Waals surface area (Å²) in [5, 5.41) is 13.1. The Balaban J connectivity index is 2.05. The molecule has 0 aromatic rings. The van der Waals surface area contributed by atoms with Crippen molar-refractivity contribution in [1.29, 1.82) is 0 Å². The van der Waals surface area contributed by atoms with Gasteiger partial charge in [-0.05, 0) is 44.9 Å². The fourth-order valence-electron chi connectivity index (χ4n) is 2.18. The molecule has 0 aliphatic heterocycles. The van der Waals surface area contributed by atoms with Crippen LogP contribution >= 0.6 is 0 Å². The first-order chi connectivity index (χ1) is 8.11. The topological polar surface area (TPSA) is 41.5 Å². The number of aliphatic hydroxyl groups is 1. The molecule has 1 aliphatic carbocycles. The van der Waals surface area contributed by atoms with Crippen LogP contribution in [-0.2, 0) is 4.74 Å². The van der Waals surface area contributed by atoms with E-state index in [2.05, 4.69) is 26.1 Å². The van der Waals surface area contributed by atoms with Gasteiger partial charge in [-0.15, -0.1) is 0 Å². The van der Waals surface area contributed by atoms with Gasteiger partial charge in [-0.25, -0.2) is 0 Å². The van der Waals surface area contributed by atoms with E-state index in [4.69, 9.17) is 4.74 Å². The quantitative estimate of drug-likeness (QED) is 0.721. The van der Waals surface area contributed by atoms with Crippen LogP contribution in [0.3, 0.4) is 0 Å². The van der Waals surface area contributed by atoms with Crippen molar-refractivity contribution in [3.63, 3.8) is 0 Å². The summed E-state index contributed by atoms with van der Waals surface area (Å²) in [7, 11) is 0. The third-order valence-corrected chi connectivity index (χ3v) is 3.80. The van der Waals surface area contributed by atoms with Crippen molar-refractivity contribution in [3.8, 4) is 0 Å². The first kappa shape index (κ1) is 14.9. The van der Waals surface area contributed by atoms with E-state index in [1.54, 1.807) is 0 Å². The van der Waals surface area contributed by atoms with Crippen molar-refractivity contribution in [1.82, 2.24) is 5.32 Å². The minimum absolute atomic E-state index is 0.372. The van der Waals surface area contributed by atoms with E-state index >= 15 is 0 Å². The Hall–Kier alpha value is -0.120. The highest BCUT2D eigenvalue weighted by atomic mass is 16.5. The predicted molar refractivity (Wildman–Crippen MR) is 71.1 cm³/mol. The van der Waals surface area contributed by atoms with E-state index in [0.717, 1.165) is 25.2 Å². The Morgan fingerprint density at radius 2 is 1.94 bits per heavy atom. The van der Waals surface area contributed by atoms with Crippen LogP contribution in [0, 0.1) is 5.92 Å². The average molecular weight is 243 g/mol. The smallest absolute Gasteiger partial charge is 0.0897 e. The van der Waals surface area contributed by atoms with Gasteiger partial charge < -0.3 is 15.2 Å². The van der Waals surface area contributed by atoms with Crippen molar-refractivity contribution in [2.75, 3.05) is 13.2 Å². The van der Waals surface area contributed by atoms with Crippen LogP contribution in [-0.4, -0.2) is 36.5 Å². The molecular formula is C14H29NO2. The third-order valence-electron chi connectivity index (χ3n) is 3.80. The number of hydrogen-bond acceptors (Lipinski definition) is 3. The molecule has 0 aromatic heterocycles. The molecule has 1 aliphatic rings. The maximum Gasteiger partial charge on any atom is 0.0897 e. The number of hydrogen-bond donors (Lipinski definition) is 2. The molecule has 0 amide bonds. The summed E-state index contributed by atoms with van der Waals surface area (Å²) in [4.78, 5) is 0. The molecule has 3 heteroatoms. The van der Waals surface area contributed by atoms with Gasteiger partial charge in [-0.1, -0.05) is 13.8 Å². The van der Waals surface area contributed by atoms with Crippen LogP contribution in [0.5, 0.6) is 0 Å². The van der Waals surface area contributed by atoms with Crippen LogP contribution in [0.2, 0.25) is 0 Å². The lowest BCUT2D eigenvalue weighted by molar-refractivity contribution is -0.0283. The monoisotopic (exact) mass is 243 g/mol. The van der Waals surface area contributed by atoms with E-state index in [1.165, 1.54) is 12.8 Å². The number of ether oxygens (including phenoxy) is 1. The standard InChI is InChI=1S/C14H29NO2/c1-4-12(3)15-9-13(16)10-17-14-7-5-11(2)6-8-14/h11-16H,4-10H2,1-3H3. The largest absolute Gasteiger partial charge is 0.389 e. The van der Waals surface area contributed by atoms with E-state index < -0.39 is 0 Å². The summed E-state index contributed by atoms with van der Waals surface area (Å²) in [6, 6.07) is 0.472. The lowest BCUT2D eigenvalue weighted by Crippen LogP contribution is -2.36. The first-order valence-corrected chi connectivity index (χ1v) is 7.14. The molecule has 17 heavy (non-hydrogen) atoms. The van der Waals surface area contributed by atoms with Crippen LogP contribution in [0.4, 0.5) is 0 Å². The van der Waals surface area contributed by atoms with Gasteiger partial charge in [-0.3, -0.25) is 0 Å². The normalized spacial score (nSPS) is 28.9. The van der Waals surface area contributed by atoms with Gasteiger partial charge in [0.05, 0.1) is 18.8 Å². The summed E-state index contributed by atoms with van der Waals surface area (Å²) in [6.45, 7) is 7.70. The summed E-state index contributed by atoms with van der Waals surface area (Å²) in [5.41, 5.74) is 0. The second-order valence-electron chi connectivity index (χ2n) is 5.59. The number of aliphatic hydroxyl groups excluding tert-OH is 1. The SMILES string of the molecule is CCC(C)NCC(O)COC1CCC(C)CC1. The first-order valence-electron chi connectivity index (χ1n) is 7.14. The molecular weight excluding hydrogens is 214 g/mol. The maximum atomic E-state index is 9.79. The van der Waals surface area contributed by atoms with Crippen molar-refractivity contribution in [2.24, 2.45) is 5.92 Å². The highest BCUT2D eigenvalue weighted by Gasteiger charge is 2.19. The highest BCUT2D eigenvalue weighted by molar-refractivity contribution is 4.71. The average Bonchev–Trinajstić information content (AvgIpc) is 2.35. The van der Waals surface area contributed by atoms with E-state index in [9.17, 15) is 5.11 Å². The Kier molecular flexibility index (Phi) is 7.09. The maximum absolute atomic E-state index is 9.79. The Morgan fingerprint density at radius 1 is 1.29 bits per heavy atom. The van der Waals surface area contributed by atoms with Gasteiger partial charge in [0.1, 0.15) is 0 Å². The van der Waals surface area contributed by atoms with Crippen molar-refractivity contribution in [3.05, 3.63) is 0 Å². The second kappa shape index (κ2) is 8.06. The van der Waals surface area contributed by atoms with Crippen molar-refractivity contribution < 1.29 is 9.84 Å². The van der Waals surface area contributed by atoms with Gasteiger partial charge in [0.2, 0.25) is 0 Å². The predicted octanol–water partition coefficient (Wildman–Crippen LogP) is 2.33.